The van der Waals surface area contributed by atoms with Crippen molar-refractivity contribution in [2.45, 2.75) is 25.8 Å². The van der Waals surface area contributed by atoms with Crippen molar-refractivity contribution in [2.75, 3.05) is 0 Å². The van der Waals surface area contributed by atoms with Crippen molar-refractivity contribution < 1.29 is 4.79 Å². The second-order valence-corrected chi connectivity index (χ2v) is 4.86. The van der Waals surface area contributed by atoms with Gasteiger partial charge in [0, 0.05) is 6.54 Å². The topological polar surface area (TPSA) is 52.9 Å². The molecule has 0 aliphatic carbocycles. The molecule has 3 nitrogen and oxygen atoms in total. The number of benzene rings is 2. The molecule has 0 aromatic heterocycles. The van der Waals surface area contributed by atoms with Crippen LogP contribution < -0.4 is 5.32 Å². The number of carbonyl (C=O) groups excluding carboxylic acids is 1. The van der Waals surface area contributed by atoms with Gasteiger partial charge in [0.05, 0.1) is 6.07 Å². The standard InChI is InChI=1S/C18H18N2O/c1-2-14-8-10-15(11-9-14)13-20-18(21)17(12-19)16-6-4-3-5-7-16/h3-11,17H,2,13H2,1H3,(H,20,21). The first-order valence-electron chi connectivity index (χ1n) is 7.04. The number of hydrogen-bond donors (Lipinski definition) is 1. The Kier molecular flexibility index (Phi) is 5.11. The van der Waals surface area contributed by atoms with E-state index in [1.54, 1.807) is 12.1 Å². The maximum Gasteiger partial charge on any atom is 0.242 e. The summed E-state index contributed by atoms with van der Waals surface area (Å²) in [6.07, 6.45) is 0.997. The van der Waals surface area contributed by atoms with Crippen LogP contribution in [0, 0.1) is 11.3 Å². The molecule has 0 fully saturated rings. The maximum atomic E-state index is 12.1. The largest absolute Gasteiger partial charge is 0.351 e. The van der Waals surface area contributed by atoms with E-state index in [0.717, 1.165) is 17.5 Å². The Labute approximate surface area is 125 Å². The molecule has 2 aromatic carbocycles. The van der Waals surface area contributed by atoms with Crippen LogP contribution in [0.15, 0.2) is 54.6 Å². The molecule has 0 saturated heterocycles. The zero-order valence-electron chi connectivity index (χ0n) is 12.0. The number of aryl methyl sites for hydroxylation is 1. The van der Waals surface area contributed by atoms with Gasteiger partial charge in [0.2, 0.25) is 5.91 Å². The molecule has 3 heteroatoms. The normalized spacial score (nSPS) is 11.4. The third kappa shape index (κ3) is 3.93. The van der Waals surface area contributed by atoms with Gasteiger partial charge < -0.3 is 5.32 Å². The molecule has 1 amide bonds. The van der Waals surface area contributed by atoms with E-state index in [2.05, 4.69) is 30.4 Å². The number of nitrogens with zero attached hydrogens (tertiary/aromatic N) is 1. The Hall–Kier alpha value is -2.60. The Bertz CT molecular complexity index is 627. The Morgan fingerprint density at radius 3 is 2.29 bits per heavy atom. The van der Waals surface area contributed by atoms with Gasteiger partial charge in [0.15, 0.2) is 0 Å². The summed E-state index contributed by atoms with van der Waals surface area (Å²) in [5.74, 6) is -1.02. The van der Waals surface area contributed by atoms with Gasteiger partial charge in [-0.05, 0) is 23.1 Å². The molecule has 0 aliphatic rings. The first kappa shape index (κ1) is 14.8. The van der Waals surface area contributed by atoms with E-state index in [1.165, 1.54) is 5.56 Å². The third-order valence-corrected chi connectivity index (χ3v) is 3.42. The number of nitrogens with one attached hydrogen (secondary N) is 1. The average molecular weight is 278 g/mol. The Morgan fingerprint density at radius 1 is 1.10 bits per heavy atom. The zero-order chi connectivity index (χ0) is 15.1. The molecule has 1 unspecified atom stereocenters. The van der Waals surface area contributed by atoms with Crippen LogP contribution in [0.3, 0.4) is 0 Å². The second-order valence-electron chi connectivity index (χ2n) is 4.86. The van der Waals surface area contributed by atoms with E-state index in [4.69, 9.17) is 0 Å². The molecule has 0 radical (unpaired) electrons. The molecule has 21 heavy (non-hydrogen) atoms. The summed E-state index contributed by atoms with van der Waals surface area (Å²) in [6, 6.07) is 19.3. The Balaban J connectivity index is 1.98. The van der Waals surface area contributed by atoms with E-state index >= 15 is 0 Å². The minimum absolute atomic E-state index is 0.261. The number of carbonyl (C=O) groups is 1. The van der Waals surface area contributed by atoms with Crippen LogP contribution in [0.5, 0.6) is 0 Å². The van der Waals surface area contributed by atoms with Crippen LogP contribution in [-0.4, -0.2) is 5.91 Å². The van der Waals surface area contributed by atoms with Gasteiger partial charge in [-0.1, -0.05) is 61.5 Å². The minimum Gasteiger partial charge on any atom is -0.351 e. The average Bonchev–Trinajstić information content (AvgIpc) is 2.55. The van der Waals surface area contributed by atoms with Gasteiger partial charge in [-0.3, -0.25) is 4.79 Å². The lowest BCUT2D eigenvalue weighted by Gasteiger charge is -2.11. The summed E-state index contributed by atoms with van der Waals surface area (Å²) in [6.45, 7) is 2.54. The van der Waals surface area contributed by atoms with Crippen LogP contribution in [-0.2, 0) is 17.8 Å². The lowest BCUT2D eigenvalue weighted by molar-refractivity contribution is -0.121. The van der Waals surface area contributed by atoms with Gasteiger partial charge in [0.25, 0.3) is 0 Å². The number of amides is 1. The molecule has 0 heterocycles. The molecule has 2 rings (SSSR count). The van der Waals surface area contributed by atoms with Crippen LogP contribution in [0.2, 0.25) is 0 Å². The van der Waals surface area contributed by atoms with Crippen molar-refractivity contribution in [1.29, 1.82) is 5.26 Å². The predicted molar refractivity (Wildman–Crippen MR) is 82.5 cm³/mol. The smallest absolute Gasteiger partial charge is 0.242 e. The summed E-state index contributed by atoms with van der Waals surface area (Å²) < 4.78 is 0. The van der Waals surface area contributed by atoms with Crippen LogP contribution >= 0.6 is 0 Å². The summed E-state index contributed by atoms with van der Waals surface area (Å²) >= 11 is 0. The highest BCUT2D eigenvalue weighted by molar-refractivity contribution is 5.86. The van der Waals surface area contributed by atoms with E-state index in [0.29, 0.717) is 6.54 Å². The van der Waals surface area contributed by atoms with Crippen molar-refractivity contribution in [2.24, 2.45) is 0 Å². The fraction of sp³-hybridized carbons (Fsp3) is 0.222. The molecule has 0 saturated carbocycles. The molecule has 0 spiro atoms. The molecular formula is C18H18N2O. The van der Waals surface area contributed by atoms with E-state index in [9.17, 15) is 10.1 Å². The van der Waals surface area contributed by atoms with Crippen molar-refractivity contribution in [3.63, 3.8) is 0 Å². The minimum atomic E-state index is -0.763. The van der Waals surface area contributed by atoms with Gasteiger partial charge in [-0.2, -0.15) is 5.26 Å². The molecular weight excluding hydrogens is 260 g/mol. The monoisotopic (exact) mass is 278 g/mol. The van der Waals surface area contributed by atoms with E-state index < -0.39 is 5.92 Å². The summed E-state index contributed by atoms with van der Waals surface area (Å²) in [4.78, 5) is 12.1. The first-order chi connectivity index (χ1) is 10.2. The van der Waals surface area contributed by atoms with Crippen molar-refractivity contribution in [3.8, 4) is 6.07 Å². The van der Waals surface area contributed by atoms with Crippen molar-refractivity contribution in [3.05, 3.63) is 71.3 Å². The first-order valence-corrected chi connectivity index (χ1v) is 7.04. The van der Waals surface area contributed by atoms with Crippen LogP contribution in [0.1, 0.15) is 29.5 Å². The molecule has 106 valence electrons. The van der Waals surface area contributed by atoms with Gasteiger partial charge in [-0.15, -0.1) is 0 Å². The highest BCUT2D eigenvalue weighted by atomic mass is 16.1. The Morgan fingerprint density at radius 2 is 1.71 bits per heavy atom. The second kappa shape index (κ2) is 7.25. The summed E-state index contributed by atoms with van der Waals surface area (Å²) in [7, 11) is 0. The van der Waals surface area contributed by atoms with E-state index in [-0.39, 0.29) is 5.91 Å². The fourth-order valence-corrected chi connectivity index (χ4v) is 2.11. The zero-order valence-corrected chi connectivity index (χ0v) is 12.0. The SMILES string of the molecule is CCc1ccc(CNC(=O)C(C#N)c2ccccc2)cc1. The quantitative estimate of drug-likeness (QED) is 0.913. The molecule has 2 aromatic rings. The lowest BCUT2D eigenvalue weighted by atomic mass is 10.00. The number of nitriles is 1. The predicted octanol–water partition coefficient (Wildman–Crippen LogP) is 3.17. The van der Waals surface area contributed by atoms with Crippen molar-refractivity contribution >= 4 is 5.91 Å². The number of hydrogen-bond acceptors (Lipinski definition) is 2. The fourth-order valence-electron chi connectivity index (χ4n) is 2.11. The third-order valence-electron chi connectivity index (χ3n) is 3.42. The lowest BCUT2D eigenvalue weighted by Crippen LogP contribution is -2.28. The highest BCUT2D eigenvalue weighted by Crippen LogP contribution is 2.15. The van der Waals surface area contributed by atoms with E-state index in [1.807, 2.05) is 30.3 Å². The summed E-state index contributed by atoms with van der Waals surface area (Å²) in [5, 5.41) is 12.0. The highest BCUT2D eigenvalue weighted by Gasteiger charge is 2.19. The number of rotatable bonds is 5. The van der Waals surface area contributed by atoms with Crippen LogP contribution in [0.25, 0.3) is 0 Å². The molecule has 1 N–H and O–H groups in total. The maximum absolute atomic E-state index is 12.1. The van der Waals surface area contributed by atoms with Gasteiger partial charge in [-0.25, -0.2) is 0 Å². The molecule has 0 bridgehead atoms. The molecule has 0 aliphatic heterocycles. The van der Waals surface area contributed by atoms with Gasteiger partial charge in [0.1, 0.15) is 5.92 Å². The van der Waals surface area contributed by atoms with Crippen molar-refractivity contribution in [1.82, 2.24) is 5.32 Å². The van der Waals surface area contributed by atoms with Crippen LogP contribution in [0.4, 0.5) is 0 Å². The van der Waals surface area contributed by atoms with Gasteiger partial charge >= 0.3 is 0 Å². The molecule has 1 atom stereocenters. The summed E-state index contributed by atoms with van der Waals surface area (Å²) in [5.41, 5.74) is 3.02.